The monoisotopic (exact) mass is 334 g/mol. The van der Waals surface area contributed by atoms with Crippen LogP contribution in [0.15, 0.2) is 0 Å². The summed E-state index contributed by atoms with van der Waals surface area (Å²) in [6, 6.07) is 0. The minimum atomic E-state index is -5.57. The Morgan fingerprint density at radius 2 is 1.48 bits per heavy atom. The van der Waals surface area contributed by atoms with E-state index in [4.69, 9.17) is 0 Å². The molecule has 1 aromatic carbocycles. The number of hydrogen-bond acceptors (Lipinski definition) is 1. The average molecular weight is 334 g/mol. The smallest absolute Gasteiger partial charge is 0.362 e. The van der Waals surface area contributed by atoms with Crippen LogP contribution in [0.25, 0.3) is 0 Å². The van der Waals surface area contributed by atoms with Gasteiger partial charge in [0, 0.05) is 6.54 Å². The Morgan fingerprint density at radius 1 is 1.00 bits per heavy atom. The first-order chi connectivity index (χ1) is 9.61. The molecule has 0 heterocycles. The molecule has 0 spiro atoms. The molecule has 1 rings (SSSR count). The van der Waals surface area contributed by atoms with Crippen molar-refractivity contribution >= 4 is 23.0 Å². The molecule has 0 bridgehead atoms. The van der Waals surface area contributed by atoms with Gasteiger partial charge in [0.1, 0.15) is 11.3 Å². The van der Waals surface area contributed by atoms with Crippen molar-refractivity contribution in [3.63, 3.8) is 0 Å². The molecule has 0 aliphatic rings. The van der Waals surface area contributed by atoms with Crippen molar-refractivity contribution in [2.45, 2.75) is 19.5 Å². The van der Waals surface area contributed by atoms with E-state index >= 15 is 0 Å². The molecular weight excluding hydrogens is 325 g/mol. The second kappa shape index (κ2) is 6.46. The fraction of sp³-hybridized carbons (Fsp3) is 0.364. The van der Waals surface area contributed by atoms with E-state index in [1.54, 1.807) is 12.2 Å². The number of hydrogen-bond donors (Lipinski definition) is 2. The molecule has 1 aromatic rings. The molecular formula is C11H9F7N2S. The number of thiocarbonyl (C=S) groups is 1. The zero-order valence-electron chi connectivity index (χ0n) is 10.5. The maximum atomic E-state index is 13.5. The highest BCUT2D eigenvalue weighted by atomic mass is 32.1. The SMILES string of the molecule is CCCNC(=S)Nc1c(F)c(F)c(C(F)(F)F)c(F)c1F. The number of rotatable bonds is 3. The molecule has 118 valence electrons. The van der Waals surface area contributed by atoms with Gasteiger partial charge in [0.05, 0.1) is 0 Å². The third kappa shape index (κ3) is 3.74. The van der Waals surface area contributed by atoms with Gasteiger partial charge in [-0.15, -0.1) is 0 Å². The van der Waals surface area contributed by atoms with Gasteiger partial charge >= 0.3 is 6.18 Å². The number of anilines is 1. The minimum absolute atomic E-state index is 0.292. The van der Waals surface area contributed by atoms with Crippen molar-refractivity contribution in [3.05, 3.63) is 28.8 Å². The summed E-state index contributed by atoms with van der Waals surface area (Å²) in [5.41, 5.74) is -4.05. The van der Waals surface area contributed by atoms with Gasteiger partial charge in [-0.1, -0.05) is 6.92 Å². The van der Waals surface area contributed by atoms with Crippen LogP contribution in [0.1, 0.15) is 18.9 Å². The fourth-order valence-corrected chi connectivity index (χ4v) is 1.59. The van der Waals surface area contributed by atoms with Crippen LogP contribution in [0, 0.1) is 23.3 Å². The van der Waals surface area contributed by atoms with E-state index in [1.807, 2.05) is 0 Å². The third-order valence-electron chi connectivity index (χ3n) is 2.32. The molecule has 0 aromatic heterocycles. The Kier molecular flexibility index (Phi) is 5.37. The van der Waals surface area contributed by atoms with Gasteiger partial charge in [-0.2, -0.15) is 13.2 Å². The molecule has 0 amide bonds. The Labute approximate surface area is 120 Å². The van der Waals surface area contributed by atoms with Crippen LogP contribution >= 0.6 is 12.2 Å². The van der Waals surface area contributed by atoms with E-state index in [2.05, 4.69) is 17.5 Å². The van der Waals surface area contributed by atoms with Crippen molar-refractivity contribution in [1.29, 1.82) is 0 Å². The molecule has 0 radical (unpaired) electrons. The lowest BCUT2D eigenvalue weighted by molar-refractivity contribution is -0.143. The summed E-state index contributed by atoms with van der Waals surface area (Å²) in [6.07, 6.45) is -4.99. The molecule has 2 nitrogen and oxygen atoms in total. The predicted octanol–water partition coefficient (Wildman–Crippen LogP) is 3.96. The number of benzene rings is 1. The van der Waals surface area contributed by atoms with Crippen molar-refractivity contribution in [3.8, 4) is 0 Å². The predicted molar refractivity (Wildman–Crippen MR) is 65.8 cm³/mol. The van der Waals surface area contributed by atoms with Crippen LogP contribution in [0.3, 0.4) is 0 Å². The van der Waals surface area contributed by atoms with Crippen LogP contribution in [-0.4, -0.2) is 11.7 Å². The highest BCUT2D eigenvalue weighted by Crippen LogP contribution is 2.38. The Bertz CT molecular complexity index is 527. The van der Waals surface area contributed by atoms with Crippen LogP contribution in [-0.2, 0) is 6.18 Å². The van der Waals surface area contributed by atoms with Gasteiger partial charge < -0.3 is 10.6 Å². The molecule has 0 atom stereocenters. The summed E-state index contributed by atoms with van der Waals surface area (Å²) in [5, 5.41) is 3.85. The lowest BCUT2D eigenvalue weighted by atomic mass is 10.1. The zero-order valence-corrected chi connectivity index (χ0v) is 11.3. The summed E-state index contributed by atoms with van der Waals surface area (Å²) < 4.78 is 90.6. The molecule has 0 unspecified atom stereocenters. The van der Waals surface area contributed by atoms with Gasteiger partial charge in [-0.3, -0.25) is 0 Å². The Balaban J connectivity index is 3.28. The van der Waals surface area contributed by atoms with Crippen LogP contribution in [0.4, 0.5) is 36.4 Å². The molecule has 0 saturated carbocycles. The van der Waals surface area contributed by atoms with E-state index in [0.717, 1.165) is 0 Å². The van der Waals surface area contributed by atoms with Gasteiger partial charge in [-0.25, -0.2) is 17.6 Å². The van der Waals surface area contributed by atoms with E-state index in [0.29, 0.717) is 13.0 Å². The lowest BCUT2D eigenvalue weighted by Crippen LogP contribution is -2.30. The topological polar surface area (TPSA) is 24.1 Å². The van der Waals surface area contributed by atoms with E-state index in [1.165, 1.54) is 0 Å². The molecule has 0 aliphatic heterocycles. The lowest BCUT2D eigenvalue weighted by Gasteiger charge is -2.16. The van der Waals surface area contributed by atoms with Crippen molar-refractivity contribution in [1.82, 2.24) is 5.32 Å². The fourth-order valence-electron chi connectivity index (χ4n) is 1.39. The Morgan fingerprint density at radius 3 is 1.86 bits per heavy atom. The van der Waals surface area contributed by atoms with Crippen LogP contribution in [0.5, 0.6) is 0 Å². The third-order valence-corrected chi connectivity index (χ3v) is 2.57. The van der Waals surface area contributed by atoms with Crippen LogP contribution < -0.4 is 10.6 Å². The first-order valence-electron chi connectivity index (χ1n) is 5.59. The van der Waals surface area contributed by atoms with E-state index in [-0.39, 0.29) is 5.11 Å². The van der Waals surface area contributed by atoms with E-state index < -0.39 is 40.7 Å². The average Bonchev–Trinajstić information content (AvgIpc) is 2.37. The summed E-state index contributed by atoms with van der Waals surface area (Å²) in [7, 11) is 0. The summed E-state index contributed by atoms with van der Waals surface area (Å²) >= 11 is 4.59. The molecule has 0 fully saturated rings. The van der Waals surface area contributed by atoms with Gasteiger partial charge in [0.25, 0.3) is 0 Å². The van der Waals surface area contributed by atoms with E-state index in [9.17, 15) is 30.7 Å². The maximum Gasteiger partial charge on any atom is 0.422 e. The normalized spacial score (nSPS) is 11.4. The van der Waals surface area contributed by atoms with Crippen molar-refractivity contribution in [2.75, 3.05) is 11.9 Å². The number of halogens is 7. The van der Waals surface area contributed by atoms with Gasteiger partial charge in [-0.05, 0) is 18.6 Å². The van der Waals surface area contributed by atoms with Crippen molar-refractivity contribution in [2.24, 2.45) is 0 Å². The first-order valence-corrected chi connectivity index (χ1v) is 6.00. The van der Waals surface area contributed by atoms with Crippen molar-refractivity contribution < 1.29 is 30.7 Å². The highest BCUT2D eigenvalue weighted by Gasteiger charge is 2.42. The second-order valence-corrected chi connectivity index (χ2v) is 4.29. The molecule has 10 heteroatoms. The molecule has 0 saturated heterocycles. The molecule has 21 heavy (non-hydrogen) atoms. The summed E-state index contributed by atoms with van der Waals surface area (Å²) in [6.45, 7) is 2.04. The maximum absolute atomic E-state index is 13.5. The highest BCUT2D eigenvalue weighted by molar-refractivity contribution is 7.80. The largest absolute Gasteiger partial charge is 0.422 e. The minimum Gasteiger partial charge on any atom is -0.362 e. The summed E-state index contributed by atoms with van der Waals surface area (Å²) in [5.74, 6) is -9.49. The van der Waals surface area contributed by atoms with Gasteiger partial charge in [0.2, 0.25) is 0 Å². The second-order valence-electron chi connectivity index (χ2n) is 3.88. The van der Waals surface area contributed by atoms with Gasteiger partial charge in [0.15, 0.2) is 28.4 Å². The Hall–Kier alpha value is -1.58. The first kappa shape index (κ1) is 17.5. The van der Waals surface area contributed by atoms with Crippen LogP contribution in [0.2, 0.25) is 0 Å². The summed E-state index contributed by atoms with van der Waals surface area (Å²) in [4.78, 5) is 0. The molecule has 0 aliphatic carbocycles. The standard InChI is InChI=1S/C11H9F7N2S/c1-2-3-19-10(21)20-9-7(14)5(12)4(11(16,17)18)6(13)8(9)15/h2-3H2,1H3,(H2,19,20,21). The molecule has 2 N–H and O–H groups in total. The number of nitrogens with one attached hydrogen (secondary N) is 2. The zero-order chi connectivity index (χ0) is 16.4. The number of alkyl halides is 3. The quantitative estimate of drug-likeness (QED) is 0.497.